The van der Waals surface area contributed by atoms with Crippen molar-refractivity contribution in [3.63, 3.8) is 0 Å². The molecular formula is C16H15BrClNO2. The van der Waals surface area contributed by atoms with Crippen molar-refractivity contribution in [2.45, 2.75) is 19.5 Å². The van der Waals surface area contributed by atoms with Gasteiger partial charge in [0.2, 0.25) is 0 Å². The molecule has 1 heterocycles. The number of phenols is 1. The van der Waals surface area contributed by atoms with Crippen LogP contribution in [0.2, 0.25) is 5.02 Å². The highest BCUT2D eigenvalue weighted by Gasteiger charge is 2.17. The van der Waals surface area contributed by atoms with E-state index in [2.05, 4.69) is 33.4 Å². The maximum absolute atomic E-state index is 9.41. The van der Waals surface area contributed by atoms with E-state index < -0.39 is 0 Å². The number of aromatic hydroxyl groups is 1. The molecule has 0 saturated carbocycles. The van der Waals surface area contributed by atoms with E-state index in [0.717, 1.165) is 40.9 Å². The molecule has 2 aromatic rings. The van der Waals surface area contributed by atoms with Crippen LogP contribution in [0.25, 0.3) is 0 Å². The van der Waals surface area contributed by atoms with Crippen LogP contribution in [0.1, 0.15) is 16.7 Å². The van der Waals surface area contributed by atoms with Gasteiger partial charge >= 0.3 is 0 Å². The molecule has 3 nitrogen and oxygen atoms in total. The van der Waals surface area contributed by atoms with Crippen molar-refractivity contribution >= 4 is 27.5 Å². The largest absolute Gasteiger partial charge is 0.506 e. The lowest BCUT2D eigenvalue weighted by Crippen LogP contribution is -2.13. The minimum absolute atomic E-state index is 0.110. The summed E-state index contributed by atoms with van der Waals surface area (Å²) in [5.74, 6) is 1.12. The molecule has 1 aliphatic heterocycles. The fraction of sp³-hybridized carbons (Fsp3) is 0.250. The zero-order chi connectivity index (χ0) is 14.8. The monoisotopic (exact) mass is 367 g/mol. The number of hydrogen-bond donors (Lipinski definition) is 2. The van der Waals surface area contributed by atoms with Crippen molar-refractivity contribution in [1.29, 1.82) is 0 Å². The summed E-state index contributed by atoms with van der Waals surface area (Å²) in [6, 6.07) is 9.44. The molecule has 21 heavy (non-hydrogen) atoms. The fourth-order valence-corrected chi connectivity index (χ4v) is 3.24. The van der Waals surface area contributed by atoms with E-state index in [9.17, 15) is 5.11 Å². The third kappa shape index (κ3) is 3.34. The second-order valence-electron chi connectivity index (χ2n) is 5.04. The molecule has 0 radical (unpaired) electrons. The molecule has 0 aromatic heterocycles. The molecule has 0 fully saturated rings. The molecule has 5 heteroatoms. The van der Waals surface area contributed by atoms with Crippen LogP contribution in [0.5, 0.6) is 11.5 Å². The van der Waals surface area contributed by atoms with E-state index in [1.807, 2.05) is 6.07 Å². The highest BCUT2D eigenvalue weighted by Crippen LogP contribution is 2.33. The van der Waals surface area contributed by atoms with Gasteiger partial charge in [0.1, 0.15) is 11.5 Å². The zero-order valence-corrected chi connectivity index (χ0v) is 13.7. The topological polar surface area (TPSA) is 41.5 Å². The molecule has 110 valence electrons. The maximum atomic E-state index is 9.41. The molecular weight excluding hydrogens is 354 g/mol. The van der Waals surface area contributed by atoms with Crippen molar-refractivity contribution in [2.24, 2.45) is 0 Å². The first-order chi connectivity index (χ1) is 10.1. The summed E-state index contributed by atoms with van der Waals surface area (Å²) in [7, 11) is 0. The Morgan fingerprint density at radius 1 is 1.24 bits per heavy atom. The lowest BCUT2D eigenvalue weighted by molar-refractivity contribution is 0.352. The Labute approximate surface area is 137 Å². The standard InChI is InChI=1S/C16H15BrClNO2/c17-13-6-11-3-4-21-16(11)12(7-13)9-19-8-10-1-2-15(20)14(18)5-10/h1-2,5-7,19-20H,3-4,8-9H2. The first-order valence-corrected chi connectivity index (χ1v) is 7.93. The van der Waals surface area contributed by atoms with Crippen LogP contribution in [0, 0.1) is 0 Å². The van der Waals surface area contributed by atoms with Gasteiger partial charge in [-0.3, -0.25) is 0 Å². The Bertz CT molecular complexity index is 676. The highest BCUT2D eigenvalue weighted by atomic mass is 79.9. The molecule has 1 aliphatic rings. The van der Waals surface area contributed by atoms with Crippen molar-refractivity contribution in [3.05, 3.63) is 56.5 Å². The van der Waals surface area contributed by atoms with E-state index in [4.69, 9.17) is 16.3 Å². The third-order valence-corrected chi connectivity index (χ3v) is 4.24. The lowest BCUT2D eigenvalue weighted by Gasteiger charge is -2.11. The number of fused-ring (bicyclic) bond motifs is 1. The van der Waals surface area contributed by atoms with Crippen LogP contribution in [-0.2, 0) is 19.5 Å². The molecule has 0 saturated heterocycles. The summed E-state index contributed by atoms with van der Waals surface area (Å²) in [6.45, 7) is 2.16. The van der Waals surface area contributed by atoms with Gasteiger partial charge in [-0.2, -0.15) is 0 Å². The van der Waals surface area contributed by atoms with Gasteiger partial charge in [-0.15, -0.1) is 0 Å². The molecule has 0 unspecified atom stereocenters. The van der Waals surface area contributed by atoms with Gasteiger partial charge in [0.05, 0.1) is 11.6 Å². The van der Waals surface area contributed by atoms with Crippen molar-refractivity contribution < 1.29 is 9.84 Å². The van der Waals surface area contributed by atoms with Crippen LogP contribution < -0.4 is 10.1 Å². The predicted molar refractivity (Wildman–Crippen MR) is 87.0 cm³/mol. The number of halogens is 2. The van der Waals surface area contributed by atoms with Crippen molar-refractivity contribution in [1.82, 2.24) is 5.32 Å². The zero-order valence-electron chi connectivity index (χ0n) is 11.3. The van der Waals surface area contributed by atoms with Crippen LogP contribution in [0.15, 0.2) is 34.8 Å². The van der Waals surface area contributed by atoms with Crippen LogP contribution in [-0.4, -0.2) is 11.7 Å². The number of hydrogen-bond acceptors (Lipinski definition) is 3. The molecule has 0 spiro atoms. The van der Waals surface area contributed by atoms with Gasteiger partial charge in [-0.05, 0) is 35.4 Å². The second kappa shape index (κ2) is 6.26. The quantitative estimate of drug-likeness (QED) is 0.856. The van der Waals surface area contributed by atoms with Gasteiger partial charge < -0.3 is 15.2 Å². The molecule has 0 aliphatic carbocycles. The van der Waals surface area contributed by atoms with Gasteiger partial charge in [-0.25, -0.2) is 0 Å². The SMILES string of the molecule is Oc1ccc(CNCc2cc(Br)cc3c2OCC3)cc1Cl. The minimum atomic E-state index is 0.110. The average Bonchev–Trinajstić information content (AvgIpc) is 2.91. The normalized spacial score (nSPS) is 13.0. The number of benzene rings is 2. The van der Waals surface area contributed by atoms with Crippen molar-refractivity contribution in [2.75, 3.05) is 6.61 Å². The van der Waals surface area contributed by atoms with Gasteiger partial charge in [0.25, 0.3) is 0 Å². The number of ether oxygens (including phenoxy) is 1. The van der Waals surface area contributed by atoms with Gasteiger partial charge in [0, 0.05) is 29.5 Å². The molecule has 0 atom stereocenters. The number of rotatable bonds is 4. The maximum Gasteiger partial charge on any atom is 0.134 e. The lowest BCUT2D eigenvalue weighted by atomic mass is 10.1. The summed E-state index contributed by atoms with van der Waals surface area (Å²) >= 11 is 9.44. The first-order valence-electron chi connectivity index (χ1n) is 6.75. The summed E-state index contributed by atoms with van der Waals surface area (Å²) in [5.41, 5.74) is 3.45. The number of phenolic OH excluding ortho intramolecular Hbond substituents is 1. The fourth-order valence-electron chi connectivity index (χ4n) is 2.48. The minimum Gasteiger partial charge on any atom is -0.506 e. The summed E-state index contributed by atoms with van der Waals surface area (Å²) < 4.78 is 6.79. The van der Waals surface area contributed by atoms with E-state index in [0.29, 0.717) is 11.6 Å². The van der Waals surface area contributed by atoms with E-state index in [1.165, 1.54) is 5.56 Å². The van der Waals surface area contributed by atoms with Gasteiger partial charge in [0.15, 0.2) is 0 Å². The Kier molecular flexibility index (Phi) is 4.38. The number of nitrogens with one attached hydrogen (secondary N) is 1. The van der Waals surface area contributed by atoms with Crippen molar-refractivity contribution in [3.8, 4) is 11.5 Å². The first kappa shape index (κ1) is 14.7. The summed E-state index contributed by atoms with van der Waals surface area (Å²) in [4.78, 5) is 0. The molecule has 0 bridgehead atoms. The summed E-state index contributed by atoms with van der Waals surface area (Å²) in [5, 5.41) is 13.2. The van der Waals surface area contributed by atoms with Crippen LogP contribution in [0.4, 0.5) is 0 Å². The van der Waals surface area contributed by atoms with E-state index in [-0.39, 0.29) is 5.75 Å². The van der Waals surface area contributed by atoms with E-state index in [1.54, 1.807) is 12.1 Å². The highest BCUT2D eigenvalue weighted by molar-refractivity contribution is 9.10. The van der Waals surface area contributed by atoms with E-state index >= 15 is 0 Å². The Hall–Kier alpha value is -1.23. The average molecular weight is 369 g/mol. The van der Waals surface area contributed by atoms with Crippen LogP contribution >= 0.6 is 27.5 Å². The van der Waals surface area contributed by atoms with Crippen LogP contribution in [0.3, 0.4) is 0 Å². The Balaban J connectivity index is 1.67. The molecule has 3 rings (SSSR count). The molecule has 2 N–H and O–H groups in total. The Morgan fingerprint density at radius 2 is 2.10 bits per heavy atom. The smallest absolute Gasteiger partial charge is 0.134 e. The summed E-state index contributed by atoms with van der Waals surface area (Å²) in [6.07, 6.45) is 0.968. The Morgan fingerprint density at radius 3 is 2.90 bits per heavy atom. The second-order valence-corrected chi connectivity index (χ2v) is 6.36. The third-order valence-electron chi connectivity index (χ3n) is 3.48. The predicted octanol–water partition coefficient (Wildman–Crippen LogP) is 4.03. The van der Waals surface area contributed by atoms with Gasteiger partial charge in [-0.1, -0.05) is 33.6 Å². The molecule has 0 amide bonds. The molecule has 2 aromatic carbocycles.